The second kappa shape index (κ2) is 5.10. The molecule has 0 heterocycles. The maximum absolute atomic E-state index is 10.1. The standard InChI is InChI=1S/C12H13NO2/c1-10(2)9-12-5-3-11(4-6-12)7-8-13(14)15/h3-9H,1-2H3/b8-7+. The molecule has 1 aromatic carbocycles. The summed E-state index contributed by atoms with van der Waals surface area (Å²) < 4.78 is 0. The van der Waals surface area contributed by atoms with Crippen LogP contribution in [0.1, 0.15) is 25.0 Å². The highest BCUT2D eigenvalue weighted by Gasteiger charge is 1.91. The monoisotopic (exact) mass is 203 g/mol. The Morgan fingerprint density at radius 1 is 1.20 bits per heavy atom. The molecule has 0 amide bonds. The van der Waals surface area contributed by atoms with E-state index in [4.69, 9.17) is 0 Å². The van der Waals surface area contributed by atoms with Crippen LogP contribution in [0.4, 0.5) is 0 Å². The van der Waals surface area contributed by atoms with E-state index < -0.39 is 4.92 Å². The van der Waals surface area contributed by atoms with Crippen LogP contribution in [0.5, 0.6) is 0 Å². The Labute approximate surface area is 88.9 Å². The summed E-state index contributed by atoms with van der Waals surface area (Å²) >= 11 is 0. The first kappa shape index (κ1) is 11.2. The van der Waals surface area contributed by atoms with Crippen LogP contribution in [0.15, 0.2) is 36.0 Å². The van der Waals surface area contributed by atoms with Crippen molar-refractivity contribution in [1.29, 1.82) is 0 Å². The fourth-order valence-electron chi connectivity index (χ4n) is 1.18. The molecule has 0 aromatic heterocycles. The predicted molar refractivity (Wildman–Crippen MR) is 61.8 cm³/mol. The maximum Gasteiger partial charge on any atom is 0.235 e. The van der Waals surface area contributed by atoms with Crippen molar-refractivity contribution in [2.24, 2.45) is 0 Å². The third-order valence-corrected chi connectivity index (χ3v) is 1.78. The Morgan fingerprint density at radius 3 is 2.20 bits per heavy atom. The smallest absolute Gasteiger partial charge is 0.235 e. The zero-order valence-electron chi connectivity index (χ0n) is 8.81. The summed E-state index contributed by atoms with van der Waals surface area (Å²) in [6.45, 7) is 4.06. The van der Waals surface area contributed by atoms with Crippen LogP contribution < -0.4 is 0 Å². The molecule has 78 valence electrons. The second-order valence-electron chi connectivity index (χ2n) is 3.49. The largest absolute Gasteiger partial charge is 0.259 e. The molecule has 1 rings (SSSR count). The van der Waals surface area contributed by atoms with Crippen molar-refractivity contribution in [3.8, 4) is 0 Å². The molecule has 1 aromatic rings. The lowest BCUT2D eigenvalue weighted by Crippen LogP contribution is -1.82. The Hall–Kier alpha value is -1.90. The Balaban J connectivity index is 2.81. The lowest BCUT2D eigenvalue weighted by Gasteiger charge is -1.96. The predicted octanol–water partition coefficient (Wildman–Crippen LogP) is 3.36. The highest BCUT2D eigenvalue weighted by molar-refractivity contribution is 5.56. The highest BCUT2D eigenvalue weighted by Crippen LogP contribution is 2.09. The molecule has 0 saturated heterocycles. The van der Waals surface area contributed by atoms with Crippen molar-refractivity contribution in [3.05, 3.63) is 57.3 Å². The van der Waals surface area contributed by atoms with E-state index in [9.17, 15) is 10.1 Å². The summed E-state index contributed by atoms with van der Waals surface area (Å²) in [6.07, 6.45) is 4.48. The van der Waals surface area contributed by atoms with Gasteiger partial charge in [0.15, 0.2) is 0 Å². The van der Waals surface area contributed by atoms with Crippen LogP contribution >= 0.6 is 0 Å². The van der Waals surface area contributed by atoms with Gasteiger partial charge >= 0.3 is 0 Å². The summed E-state index contributed by atoms with van der Waals surface area (Å²) in [7, 11) is 0. The SMILES string of the molecule is CC(C)=Cc1ccc(/C=C/[N+](=O)[O-])cc1. The quantitative estimate of drug-likeness (QED) is 0.558. The van der Waals surface area contributed by atoms with Gasteiger partial charge in [-0.1, -0.05) is 35.9 Å². The van der Waals surface area contributed by atoms with E-state index in [2.05, 4.69) is 6.08 Å². The van der Waals surface area contributed by atoms with Gasteiger partial charge in [0.1, 0.15) is 0 Å². The molecule has 0 bridgehead atoms. The molecule has 0 aliphatic rings. The number of nitrogens with zero attached hydrogens (tertiary/aromatic N) is 1. The second-order valence-corrected chi connectivity index (χ2v) is 3.49. The van der Waals surface area contributed by atoms with Gasteiger partial charge in [-0.2, -0.15) is 0 Å². The number of rotatable bonds is 3. The van der Waals surface area contributed by atoms with E-state index in [0.717, 1.165) is 17.3 Å². The summed E-state index contributed by atoms with van der Waals surface area (Å²) in [4.78, 5) is 9.63. The van der Waals surface area contributed by atoms with Gasteiger partial charge in [-0.15, -0.1) is 0 Å². The van der Waals surface area contributed by atoms with Crippen LogP contribution in [-0.4, -0.2) is 4.92 Å². The highest BCUT2D eigenvalue weighted by atomic mass is 16.6. The number of benzene rings is 1. The zero-order valence-corrected chi connectivity index (χ0v) is 8.81. The average Bonchev–Trinajstić information content (AvgIpc) is 2.16. The number of hydrogen-bond donors (Lipinski definition) is 0. The van der Waals surface area contributed by atoms with Crippen molar-refractivity contribution in [1.82, 2.24) is 0 Å². The van der Waals surface area contributed by atoms with E-state index in [1.54, 1.807) is 0 Å². The van der Waals surface area contributed by atoms with Gasteiger partial charge < -0.3 is 0 Å². The summed E-state index contributed by atoms with van der Waals surface area (Å²) in [5, 5.41) is 10.1. The number of allylic oxidation sites excluding steroid dienone is 1. The van der Waals surface area contributed by atoms with Gasteiger partial charge in [-0.3, -0.25) is 10.1 Å². The Morgan fingerprint density at radius 2 is 1.73 bits per heavy atom. The number of nitro groups is 1. The van der Waals surface area contributed by atoms with Gasteiger partial charge in [0, 0.05) is 6.08 Å². The molecular formula is C12H13NO2. The molecule has 0 fully saturated rings. The third-order valence-electron chi connectivity index (χ3n) is 1.78. The van der Waals surface area contributed by atoms with Crippen LogP contribution in [-0.2, 0) is 0 Å². The maximum atomic E-state index is 10.1. The van der Waals surface area contributed by atoms with E-state index in [-0.39, 0.29) is 0 Å². The molecule has 3 heteroatoms. The van der Waals surface area contributed by atoms with Crippen molar-refractivity contribution >= 4 is 12.2 Å². The van der Waals surface area contributed by atoms with Crippen molar-refractivity contribution < 1.29 is 4.92 Å². The van der Waals surface area contributed by atoms with Crippen LogP contribution in [0.25, 0.3) is 12.2 Å². The Kier molecular flexibility index (Phi) is 3.80. The first-order chi connectivity index (χ1) is 7.08. The minimum atomic E-state index is -0.468. The van der Waals surface area contributed by atoms with E-state index in [1.807, 2.05) is 38.1 Å². The van der Waals surface area contributed by atoms with Gasteiger partial charge in [0.2, 0.25) is 6.20 Å². The Bertz CT molecular complexity index is 398. The molecule has 0 radical (unpaired) electrons. The van der Waals surface area contributed by atoms with Crippen molar-refractivity contribution in [2.45, 2.75) is 13.8 Å². The molecular weight excluding hydrogens is 190 g/mol. The minimum absolute atomic E-state index is 0.468. The number of hydrogen-bond acceptors (Lipinski definition) is 2. The van der Waals surface area contributed by atoms with Gasteiger partial charge in [0.05, 0.1) is 4.92 Å². The molecule has 0 aliphatic carbocycles. The topological polar surface area (TPSA) is 43.1 Å². The zero-order chi connectivity index (χ0) is 11.3. The summed E-state index contributed by atoms with van der Waals surface area (Å²) in [5.74, 6) is 0. The summed E-state index contributed by atoms with van der Waals surface area (Å²) in [5.41, 5.74) is 3.16. The van der Waals surface area contributed by atoms with Crippen LogP contribution in [0.2, 0.25) is 0 Å². The van der Waals surface area contributed by atoms with Gasteiger partial charge in [0.25, 0.3) is 0 Å². The molecule has 0 N–H and O–H groups in total. The molecule has 3 nitrogen and oxygen atoms in total. The van der Waals surface area contributed by atoms with E-state index in [1.165, 1.54) is 11.6 Å². The van der Waals surface area contributed by atoms with E-state index >= 15 is 0 Å². The lowest BCUT2D eigenvalue weighted by atomic mass is 10.1. The van der Waals surface area contributed by atoms with Gasteiger partial charge in [-0.05, 0) is 25.0 Å². The lowest BCUT2D eigenvalue weighted by molar-refractivity contribution is -0.400. The van der Waals surface area contributed by atoms with Crippen molar-refractivity contribution in [2.75, 3.05) is 0 Å². The molecule has 0 aliphatic heterocycles. The molecule has 0 atom stereocenters. The van der Waals surface area contributed by atoms with Crippen LogP contribution in [0.3, 0.4) is 0 Å². The molecule has 0 saturated carbocycles. The normalized spacial score (nSPS) is 10.3. The summed E-state index contributed by atoms with van der Waals surface area (Å²) in [6, 6.07) is 7.59. The van der Waals surface area contributed by atoms with E-state index in [0.29, 0.717) is 0 Å². The third kappa shape index (κ3) is 4.22. The molecule has 0 spiro atoms. The first-order valence-corrected chi connectivity index (χ1v) is 4.64. The van der Waals surface area contributed by atoms with Crippen molar-refractivity contribution in [3.63, 3.8) is 0 Å². The fraction of sp³-hybridized carbons (Fsp3) is 0.167. The molecule has 0 unspecified atom stereocenters. The first-order valence-electron chi connectivity index (χ1n) is 4.64. The van der Waals surface area contributed by atoms with Gasteiger partial charge in [-0.25, -0.2) is 0 Å². The van der Waals surface area contributed by atoms with Crippen LogP contribution in [0, 0.1) is 10.1 Å². The minimum Gasteiger partial charge on any atom is -0.259 e. The molecule has 15 heavy (non-hydrogen) atoms. The fourth-order valence-corrected chi connectivity index (χ4v) is 1.18. The average molecular weight is 203 g/mol.